The maximum atomic E-state index is 12.7. The summed E-state index contributed by atoms with van der Waals surface area (Å²) in [5, 5.41) is 5.72. The van der Waals surface area contributed by atoms with E-state index in [-0.39, 0.29) is 12.1 Å². The van der Waals surface area contributed by atoms with Crippen LogP contribution in [0.2, 0.25) is 0 Å². The number of ether oxygens (including phenoxy) is 1. The Morgan fingerprint density at radius 2 is 1.81 bits per heavy atom. The Hall–Kier alpha value is -2.24. The third-order valence-electron chi connectivity index (χ3n) is 5.38. The number of hydrogen-bond donors (Lipinski definition) is 0. The molecule has 146 valence electrons. The molecule has 1 saturated carbocycles. The lowest BCUT2D eigenvalue weighted by Crippen LogP contribution is -2.50. The Bertz CT molecular complexity index is 826. The van der Waals surface area contributed by atoms with Crippen molar-refractivity contribution in [1.29, 1.82) is 0 Å². The molecule has 0 atom stereocenters. The molecule has 1 aromatic carbocycles. The molecule has 2 aromatic rings. The summed E-state index contributed by atoms with van der Waals surface area (Å²) in [6.07, 6.45) is 6.12. The number of aryl methyl sites for hydroxylation is 1. The molecule has 2 aliphatic rings. The minimum atomic E-state index is -0.444. The van der Waals surface area contributed by atoms with E-state index >= 15 is 0 Å². The van der Waals surface area contributed by atoms with Gasteiger partial charge in [-0.05, 0) is 58.6 Å². The SMILES string of the molecule is Cn1cc2c(N3CCC(N(C(=O)OC(C)(C)C)C4CC4)CC3)cccc2n1. The number of piperidine rings is 1. The van der Waals surface area contributed by atoms with E-state index in [9.17, 15) is 4.79 Å². The molecule has 4 rings (SSSR count). The van der Waals surface area contributed by atoms with E-state index in [1.54, 1.807) is 0 Å². The average Bonchev–Trinajstić information content (AvgIpc) is 3.33. The molecule has 0 bridgehead atoms. The molecular formula is C21H30N4O2. The Morgan fingerprint density at radius 1 is 1.15 bits per heavy atom. The van der Waals surface area contributed by atoms with Crippen molar-refractivity contribution in [1.82, 2.24) is 14.7 Å². The van der Waals surface area contributed by atoms with Gasteiger partial charge in [0.2, 0.25) is 0 Å². The highest BCUT2D eigenvalue weighted by Gasteiger charge is 2.40. The Kier molecular flexibility index (Phi) is 4.52. The van der Waals surface area contributed by atoms with Crippen LogP contribution in [-0.2, 0) is 11.8 Å². The van der Waals surface area contributed by atoms with Gasteiger partial charge < -0.3 is 14.5 Å². The highest BCUT2D eigenvalue weighted by atomic mass is 16.6. The van der Waals surface area contributed by atoms with Gasteiger partial charge in [0.15, 0.2) is 0 Å². The number of amides is 1. The van der Waals surface area contributed by atoms with E-state index < -0.39 is 5.60 Å². The summed E-state index contributed by atoms with van der Waals surface area (Å²) >= 11 is 0. The molecule has 0 N–H and O–H groups in total. The van der Waals surface area contributed by atoms with Gasteiger partial charge in [-0.25, -0.2) is 4.79 Å². The monoisotopic (exact) mass is 370 g/mol. The van der Waals surface area contributed by atoms with Crippen molar-refractivity contribution in [3.05, 3.63) is 24.4 Å². The fourth-order valence-corrected chi connectivity index (χ4v) is 4.07. The zero-order chi connectivity index (χ0) is 19.2. The Labute approximate surface area is 161 Å². The maximum absolute atomic E-state index is 12.7. The lowest BCUT2D eigenvalue weighted by Gasteiger charge is -2.40. The van der Waals surface area contributed by atoms with E-state index in [0.717, 1.165) is 44.3 Å². The molecule has 0 spiro atoms. The van der Waals surface area contributed by atoms with Crippen molar-refractivity contribution in [3.8, 4) is 0 Å². The van der Waals surface area contributed by atoms with Gasteiger partial charge in [0, 0.05) is 49.5 Å². The van der Waals surface area contributed by atoms with Crippen molar-refractivity contribution in [3.63, 3.8) is 0 Å². The van der Waals surface area contributed by atoms with E-state index in [1.165, 1.54) is 11.1 Å². The molecule has 1 aromatic heterocycles. The fraction of sp³-hybridized carbons (Fsp3) is 0.619. The third-order valence-corrected chi connectivity index (χ3v) is 5.38. The molecular weight excluding hydrogens is 340 g/mol. The first-order chi connectivity index (χ1) is 12.8. The number of anilines is 1. The second kappa shape index (κ2) is 6.73. The number of carbonyl (C=O) groups excluding carboxylic acids is 1. The molecule has 1 saturated heterocycles. The zero-order valence-electron chi connectivity index (χ0n) is 16.8. The highest BCUT2D eigenvalue weighted by molar-refractivity contribution is 5.91. The molecule has 0 unspecified atom stereocenters. The number of fused-ring (bicyclic) bond motifs is 1. The van der Waals surface area contributed by atoms with Crippen LogP contribution in [0, 0.1) is 0 Å². The predicted octanol–water partition coefficient (Wildman–Crippen LogP) is 3.94. The van der Waals surface area contributed by atoms with Crippen molar-refractivity contribution in [2.45, 2.75) is 64.1 Å². The number of carbonyl (C=O) groups is 1. The molecule has 27 heavy (non-hydrogen) atoms. The predicted molar refractivity (Wildman–Crippen MR) is 107 cm³/mol. The van der Waals surface area contributed by atoms with Gasteiger partial charge in [-0.1, -0.05) is 6.07 Å². The lowest BCUT2D eigenvalue weighted by molar-refractivity contribution is 0.0114. The summed E-state index contributed by atoms with van der Waals surface area (Å²) in [6, 6.07) is 6.96. The van der Waals surface area contributed by atoms with Crippen LogP contribution in [0.15, 0.2) is 24.4 Å². The van der Waals surface area contributed by atoms with Crippen molar-refractivity contribution >= 4 is 22.7 Å². The molecule has 0 radical (unpaired) electrons. The summed E-state index contributed by atoms with van der Waals surface area (Å²) in [4.78, 5) is 17.2. The largest absolute Gasteiger partial charge is 0.444 e. The van der Waals surface area contributed by atoms with E-state index in [4.69, 9.17) is 4.74 Å². The molecule has 1 aliphatic heterocycles. The number of hydrogen-bond acceptors (Lipinski definition) is 4. The summed E-state index contributed by atoms with van der Waals surface area (Å²) in [6.45, 7) is 7.71. The van der Waals surface area contributed by atoms with Crippen LogP contribution in [0.4, 0.5) is 10.5 Å². The number of aromatic nitrogens is 2. The molecule has 1 amide bonds. The molecule has 2 heterocycles. The van der Waals surface area contributed by atoms with Crippen LogP contribution in [0.1, 0.15) is 46.5 Å². The zero-order valence-corrected chi connectivity index (χ0v) is 16.8. The average molecular weight is 370 g/mol. The second-order valence-electron chi connectivity index (χ2n) is 8.85. The summed E-state index contributed by atoms with van der Waals surface area (Å²) < 4.78 is 7.56. The molecule has 1 aliphatic carbocycles. The summed E-state index contributed by atoms with van der Waals surface area (Å²) in [5.74, 6) is 0. The first-order valence-corrected chi connectivity index (χ1v) is 10.0. The van der Waals surface area contributed by atoms with Crippen molar-refractivity contribution < 1.29 is 9.53 Å². The number of benzene rings is 1. The summed E-state index contributed by atoms with van der Waals surface area (Å²) in [7, 11) is 1.96. The van der Waals surface area contributed by atoms with Gasteiger partial charge in [-0.3, -0.25) is 4.68 Å². The van der Waals surface area contributed by atoms with Crippen molar-refractivity contribution in [2.24, 2.45) is 7.05 Å². The van der Waals surface area contributed by atoms with E-state index in [2.05, 4.69) is 34.4 Å². The fourth-order valence-electron chi connectivity index (χ4n) is 4.07. The first-order valence-electron chi connectivity index (χ1n) is 10.0. The van der Waals surface area contributed by atoms with Gasteiger partial charge in [0.1, 0.15) is 5.60 Å². The third kappa shape index (κ3) is 3.89. The Morgan fingerprint density at radius 3 is 2.44 bits per heavy atom. The minimum Gasteiger partial charge on any atom is -0.444 e. The number of nitrogens with zero attached hydrogens (tertiary/aromatic N) is 4. The van der Waals surface area contributed by atoms with Crippen molar-refractivity contribution in [2.75, 3.05) is 18.0 Å². The van der Waals surface area contributed by atoms with Gasteiger partial charge in [0.25, 0.3) is 0 Å². The van der Waals surface area contributed by atoms with Gasteiger partial charge >= 0.3 is 6.09 Å². The second-order valence-corrected chi connectivity index (χ2v) is 8.85. The quantitative estimate of drug-likeness (QED) is 0.821. The van der Waals surface area contributed by atoms with Crippen LogP contribution in [-0.4, -0.2) is 51.5 Å². The van der Waals surface area contributed by atoms with E-state index in [1.807, 2.05) is 37.4 Å². The molecule has 6 nitrogen and oxygen atoms in total. The van der Waals surface area contributed by atoms with Crippen LogP contribution < -0.4 is 4.90 Å². The van der Waals surface area contributed by atoms with Crippen LogP contribution >= 0.6 is 0 Å². The number of rotatable bonds is 3. The Balaban J connectivity index is 1.46. The molecule has 2 fully saturated rings. The lowest BCUT2D eigenvalue weighted by atomic mass is 10.0. The topological polar surface area (TPSA) is 50.6 Å². The van der Waals surface area contributed by atoms with Crippen LogP contribution in [0.25, 0.3) is 10.9 Å². The maximum Gasteiger partial charge on any atom is 0.410 e. The normalized spacial score (nSPS) is 18.7. The highest BCUT2D eigenvalue weighted by Crippen LogP contribution is 2.35. The van der Waals surface area contributed by atoms with Crippen LogP contribution in [0.3, 0.4) is 0 Å². The standard InChI is InChI=1S/C21H30N4O2/c1-21(2,3)27-20(26)25(15-8-9-15)16-10-12-24(13-11-16)19-7-5-6-18-17(19)14-23(4)22-18/h5-7,14-16H,8-13H2,1-4H3. The minimum absolute atomic E-state index is 0.141. The van der Waals surface area contributed by atoms with Gasteiger partial charge in [-0.2, -0.15) is 5.10 Å². The smallest absolute Gasteiger partial charge is 0.410 e. The van der Waals surface area contributed by atoms with E-state index in [0.29, 0.717) is 6.04 Å². The van der Waals surface area contributed by atoms with Gasteiger partial charge in [-0.15, -0.1) is 0 Å². The first kappa shape index (κ1) is 18.1. The van der Waals surface area contributed by atoms with Gasteiger partial charge in [0.05, 0.1) is 5.52 Å². The summed E-state index contributed by atoms with van der Waals surface area (Å²) in [5.41, 5.74) is 1.83. The molecule has 6 heteroatoms. The van der Waals surface area contributed by atoms with Crippen LogP contribution in [0.5, 0.6) is 0 Å².